The van der Waals surface area contributed by atoms with Crippen molar-refractivity contribution < 1.29 is 22.1 Å². The van der Waals surface area contributed by atoms with Crippen molar-refractivity contribution in [3.8, 4) is 0 Å². The van der Waals surface area contributed by atoms with E-state index in [0.29, 0.717) is 6.42 Å². The van der Waals surface area contributed by atoms with Crippen LogP contribution >= 0.6 is 15.9 Å². The summed E-state index contributed by atoms with van der Waals surface area (Å²) in [5, 5.41) is 2.94. The maximum Gasteiger partial charge on any atom is 0.225 e. The molecule has 1 aliphatic heterocycles. The zero-order valence-electron chi connectivity index (χ0n) is 12.4. The molecule has 1 saturated heterocycles. The van der Waals surface area contributed by atoms with Gasteiger partial charge in [-0.05, 0) is 31.2 Å². The van der Waals surface area contributed by atoms with E-state index in [1.54, 1.807) is 4.90 Å². The number of hydrogen-bond donors (Lipinski definition) is 2. The van der Waals surface area contributed by atoms with E-state index in [4.69, 9.17) is 0 Å². The molecule has 2 N–H and O–H groups in total. The highest BCUT2D eigenvalue weighted by Gasteiger charge is 2.18. The molecular formula is C15H23BrClN3O. The molecule has 0 aromatic heterocycles. The van der Waals surface area contributed by atoms with Crippen molar-refractivity contribution in [3.05, 3.63) is 28.7 Å². The fourth-order valence-corrected chi connectivity index (χ4v) is 2.73. The molecule has 1 aromatic carbocycles. The normalized spacial score (nSPS) is 16.3. The number of carbonyl (C=O) groups excluding carboxylic acids is 1. The molecule has 0 spiro atoms. The number of halogens is 2. The maximum atomic E-state index is 11.9. The molecule has 4 nitrogen and oxygen atoms in total. The Kier molecular flexibility index (Phi) is 8.26. The lowest BCUT2D eigenvalue weighted by atomic mass is 10.2. The molecule has 0 saturated carbocycles. The van der Waals surface area contributed by atoms with E-state index in [0.717, 1.165) is 29.8 Å². The van der Waals surface area contributed by atoms with Crippen LogP contribution in [0.1, 0.15) is 13.3 Å². The zero-order valence-corrected chi connectivity index (χ0v) is 14.7. The van der Waals surface area contributed by atoms with Crippen molar-refractivity contribution in [1.82, 2.24) is 4.90 Å². The van der Waals surface area contributed by atoms with Crippen LogP contribution in [0.3, 0.4) is 0 Å². The lowest BCUT2D eigenvalue weighted by Gasteiger charge is -2.31. The van der Waals surface area contributed by atoms with Gasteiger partial charge in [0.05, 0.1) is 19.6 Å². The molecule has 6 heteroatoms. The average molecular weight is 377 g/mol. The van der Waals surface area contributed by atoms with Crippen LogP contribution in [0.5, 0.6) is 0 Å². The number of benzene rings is 1. The standard InChI is InChI=1S/C15H22BrN3O.ClH/c1-2-18-9-11-19(12-10-18)8-7-15(20)17-14-5-3-13(16)4-6-14;/h3-6H,2,7-12H2,1H3,(H,17,20);1H. The number of likely N-dealkylation sites (N-methyl/N-ethyl adjacent to an activating group) is 1. The topological polar surface area (TPSA) is 36.8 Å². The minimum atomic E-state index is 0. The molecule has 0 radical (unpaired) electrons. The van der Waals surface area contributed by atoms with Crippen molar-refractivity contribution in [2.75, 3.05) is 44.6 Å². The Balaban J connectivity index is 0.00000220. The van der Waals surface area contributed by atoms with Crippen LogP contribution in [0.15, 0.2) is 28.7 Å². The van der Waals surface area contributed by atoms with E-state index in [9.17, 15) is 4.79 Å². The summed E-state index contributed by atoms with van der Waals surface area (Å²) in [6.07, 6.45) is 0.567. The predicted octanol–water partition coefficient (Wildman–Crippen LogP) is -2.00. The van der Waals surface area contributed by atoms with E-state index >= 15 is 0 Å². The number of amides is 1. The summed E-state index contributed by atoms with van der Waals surface area (Å²) in [7, 11) is 0. The first-order valence-corrected chi connectivity index (χ1v) is 8.08. The highest BCUT2D eigenvalue weighted by Crippen LogP contribution is 2.14. The first kappa shape index (κ1) is 18.4. The summed E-state index contributed by atoms with van der Waals surface area (Å²) in [6.45, 7) is 8.91. The number of nitrogens with one attached hydrogen (secondary N) is 2. The van der Waals surface area contributed by atoms with Gasteiger partial charge in [-0.2, -0.15) is 0 Å². The quantitative estimate of drug-likeness (QED) is 0.624. The smallest absolute Gasteiger partial charge is 0.225 e. The molecule has 1 aliphatic rings. The third-order valence-electron chi connectivity index (χ3n) is 3.85. The Labute approximate surface area is 141 Å². The van der Waals surface area contributed by atoms with Crippen LogP contribution in [-0.4, -0.2) is 50.1 Å². The van der Waals surface area contributed by atoms with Crippen molar-refractivity contribution >= 4 is 27.5 Å². The SMILES string of the molecule is CC[NH+]1CCN(CCC(=O)Nc2ccc(Br)cc2)CC1.[Cl-]. The maximum absolute atomic E-state index is 11.9. The molecular weight excluding hydrogens is 354 g/mol. The molecule has 0 bridgehead atoms. The second kappa shape index (κ2) is 9.41. The van der Waals surface area contributed by atoms with Gasteiger partial charge in [0, 0.05) is 36.2 Å². The van der Waals surface area contributed by atoms with E-state index in [2.05, 4.69) is 33.1 Å². The van der Waals surface area contributed by atoms with Gasteiger partial charge < -0.3 is 22.6 Å². The van der Waals surface area contributed by atoms with Crippen molar-refractivity contribution in [2.24, 2.45) is 0 Å². The van der Waals surface area contributed by atoms with Crippen LogP contribution in [0, 0.1) is 0 Å². The van der Waals surface area contributed by atoms with Crippen LogP contribution < -0.4 is 22.6 Å². The summed E-state index contributed by atoms with van der Waals surface area (Å²) in [5.74, 6) is 0.0950. The van der Waals surface area contributed by atoms with Crippen LogP contribution in [0.4, 0.5) is 5.69 Å². The number of hydrogen-bond acceptors (Lipinski definition) is 2. The highest BCUT2D eigenvalue weighted by atomic mass is 79.9. The van der Waals surface area contributed by atoms with Gasteiger partial charge in [-0.15, -0.1) is 0 Å². The summed E-state index contributed by atoms with van der Waals surface area (Å²) in [6, 6.07) is 7.68. The lowest BCUT2D eigenvalue weighted by Crippen LogP contribution is -3.14. The van der Waals surface area contributed by atoms with E-state index in [-0.39, 0.29) is 18.3 Å². The molecule has 118 valence electrons. The summed E-state index contributed by atoms with van der Waals surface area (Å²) in [5.41, 5.74) is 0.860. The molecule has 0 aliphatic carbocycles. The number of anilines is 1. The predicted molar refractivity (Wildman–Crippen MR) is 85.1 cm³/mol. The highest BCUT2D eigenvalue weighted by molar-refractivity contribution is 9.10. The first-order valence-electron chi connectivity index (χ1n) is 7.28. The molecule has 1 fully saturated rings. The molecule has 1 aromatic rings. The van der Waals surface area contributed by atoms with Gasteiger partial charge in [0.2, 0.25) is 5.91 Å². The lowest BCUT2D eigenvalue weighted by molar-refractivity contribution is -0.902. The Morgan fingerprint density at radius 1 is 1.29 bits per heavy atom. The number of piperazine rings is 1. The van der Waals surface area contributed by atoms with Crippen molar-refractivity contribution in [3.63, 3.8) is 0 Å². The Hall–Kier alpha value is -0.620. The largest absolute Gasteiger partial charge is 1.00 e. The van der Waals surface area contributed by atoms with Crippen LogP contribution in [0.2, 0.25) is 0 Å². The van der Waals surface area contributed by atoms with Gasteiger partial charge in [-0.3, -0.25) is 9.69 Å². The Bertz CT molecular complexity index is 433. The molecule has 0 atom stereocenters. The Morgan fingerprint density at radius 3 is 2.48 bits per heavy atom. The molecule has 0 unspecified atom stereocenters. The van der Waals surface area contributed by atoms with Gasteiger partial charge >= 0.3 is 0 Å². The second-order valence-corrected chi connectivity index (χ2v) is 6.17. The van der Waals surface area contributed by atoms with Gasteiger partial charge in [0.25, 0.3) is 0 Å². The van der Waals surface area contributed by atoms with Gasteiger partial charge in [0.1, 0.15) is 0 Å². The second-order valence-electron chi connectivity index (χ2n) is 5.25. The van der Waals surface area contributed by atoms with Crippen LogP contribution in [0.25, 0.3) is 0 Å². The zero-order chi connectivity index (χ0) is 14.4. The number of rotatable bonds is 5. The van der Waals surface area contributed by atoms with Crippen molar-refractivity contribution in [1.29, 1.82) is 0 Å². The monoisotopic (exact) mass is 375 g/mol. The third kappa shape index (κ3) is 6.34. The van der Waals surface area contributed by atoms with Gasteiger partial charge in [0.15, 0.2) is 0 Å². The van der Waals surface area contributed by atoms with Gasteiger partial charge in [-0.25, -0.2) is 0 Å². The summed E-state index contributed by atoms with van der Waals surface area (Å²) in [4.78, 5) is 16.0. The average Bonchev–Trinajstić information content (AvgIpc) is 2.48. The fourth-order valence-electron chi connectivity index (χ4n) is 2.46. The molecule has 1 amide bonds. The minimum Gasteiger partial charge on any atom is -1.00 e. The van der Waals surface area contributed by atoms with Gasteiger partial charge in [-0.1, -0.05) is 15.9 Å². The van der Waals surface area contributed by atoms with E-state index in [1.165, 1.54) is 19.6 Å². The minimum absolute atomic E-state index is 0. The summed E-state index contributed by atoms with van der Waals surface area (Å²) < 4.78 is 1.02. The van der Waals surface area contributed by atoms with Crippen molar-refractivity contribution in [2.45, 2.75) is 13.3 Å². The number of quaternary nitrogens is 1. The molecule has 21 heavy (non-hydrogen) atoms. The van der Waals surface area contributed by atoms with Crippen LogP contribution in [-0.2, 0) is 4.79 Å². The molecule has 2 rings (SSSR count). The Morgan fingerprint density at radius 2 is 1.90 bits per heavy atom. The number of carbonyl (C=O) groups is 1. The first-order chi connectivity index (χ1) is 9.67. The number of nitrogens with zero attached hydrogens (tertiary/aromatic N) is 1. The van der Waals surface area contributed by atoms with E-state index in [1.807, 2.05) is 24.3 Å². The molecule has 1 heterocycles. The third-order valence-corrected chi connectivity index (χ3v) is 4.37. The fraction of sp³-hybridized carbons (Fsp3) is 0.533. The van der Waals surface area contributed by atoms with E-state index < -0.39 is 0 Å². The summed E-state index contributed by atoms with van der Waals surface area (Å²) >= 11 is 3.38.